The lowest BCUT2D eigenvalue weighted by molar-refractivity contribution is -0.128. The van der Waals surface area contributed by atoms with Crippen LogP contribution in [-0.4, -0.2) is 54.7 Å². The van der Waals surface area contributed by atoms with Gasteiger partial charge in [-0.25, -0.2) is 0 Å². The van der Waals surface area contributed by atoms with Crippen LogP contribution in [0.25, 0.3) is 0 Å². The Kier molecular flexibility index (Phi) is 5.93. The van der Waals surface area contributed by atoms with E-state index in [-0.39, 0.29) is 11.8 Å². The number of amides is 1. The number of hydrogen-bond donors (Lipinski definition) is 3. The molecule has 1 unspecified atom stereocenters. The predicted octanol–water partition coefficient (Wildman–Crippen LogP) is 1.11. The molecule has 6 nitrogen and oxygen atoms in total. The highest BCUT2D eigenvalue weighted by Gasteiger charge is 2.45. The fraction of sp³-hybridized carbons (Fsp3) is 0.632. The Hall–Kier alpha value is -1.63. The van der Waals surface area contributed by atoms with Crippen molar-refractivity contribution in [1.29, 1.82) is 0 Å². The normalized spacial score (nSPS) is 30.2. The van der Waals surface area contributed by atoms with E-state index >= 15 is 0 Å². The Morgan fingerprint density at radius 1 is 1.16 bits per heavy atom. The van der Waals surface area contributed by atoms with Crippen molar-refractivity contribution in [2.45, 2.75) is 37.9 Å². The van der Waals surface area contributed by atoms with Crippen molar-refractivity contribution in [2.24, 2.45) is 11.3 Å². The minimum Gasteiger partial charge on any atom is -0.493 e. The van der Waals surface area contributed by atoms with Crippen LogP contribution in [-0.2, 0) is 9.53 Å². The van der Waals surface area contributed by atoms with E-state index in [1.807, 2.05) is 30.3 Å². The molecule has 1 aliphatic heterocycles. The number of nitrogens with one attached hydrogen (secondary N) is 1. The summed E-state index contributed by atoms with van der Waals surface area (Å²) in [5.74, 6) is 0.754. The van der Waals surface area contributed by atoms with Crippen molar-refractivity contribution in [2.75, 3.05) is 26.4 Å². The molecule has 3 N–H and O–H groups in total. The average Bonchev–Trinajstić information content (AvgIpc) is 2.94. The van der Waals surface area contributed by atoms with Crippen LogP contribution in [0.2, 0.25) is 0 Å². The summed E-state index contributed by atoms with van der Waals surface area (Å²) in [5.41, 5.74) is -0.463. The summed E-state index contributed by atoms with van der Waals surface area (Å²) in [4.78, 5) is 12.4. The number of rotatable bonds is 6. The first kappa shape index (κ1) is 18.2. The van der Waals surface area contributed by atoms with Crippen LogP contribution in [0.1, 0.15) is 25.7 Å². The van der Waals surface area contributed by atoms with Crippen molar-refractivity contribution in [1.82, 2.24) is 5.32 Å². The third kappa shape index (κ3) is 4.71. The van der Waals surface area contributed by atoms with E-state index in [1.54, 1.807) is 0 Å². The number of para-hydroxylation sites is 1. The first-order valence-corrected chi connectivity index (χ1v) is 8.97. The van der Waals surface area contributed by atoms with E-state index in [9.17, 15) is 15.0 Å². The summed E-state index contributed by atoms with van der Waals surface area (Å²) in [6.07, 6.45) is 0.748. The van der Waals surface area contributed by atoms with E-state index in [2.05, 4.69) is 5.32 Å². The van der Waals surface area contributed by atoms with Crippen LogP contribution >= 0.6 is 0 Å². The highest BCUT2D eigenvalue weighted by atomic mass is 16.5. The maximum atomic E-state index is 12.4. The molecule has 0 aromatic heterocycles. The first-order chi connectivity index (χ1) is 12.1. The summed E-state index contributed by atoms with van der Waals surface area (Å²) in [5, 5.41) is 23.0. The molecule has 1 amide bonds. The third-order valence-corrected chi connectivity index (χ3v) is 5.25. The van der Waals surface area contributed by atoms with Gasteiger partial charge in [0.05, 0.1) is 18.8 Å². The Balaban J connectivity index is 1.60. The monoisotopic (exact) mass is 349 g/mol. The van der Waals surface area contributed by atoms with Gasteiger partial charge in [-0.1, -0.05) is 18.2 Å². The number of aliphatic hydroxyl groups is 2. The summed E-state index contributed by atoms with van der Waals surface area (Å²) >= 11 is 0. The zero-order valence-corrected chi connectivity index (χ0v) is 14.4. The minimum absolute atomic E-state index is 0.0166. The fourth-order valence-electron chi connectivity index (χ4n) is 3.69. The molecule has 2 aliphatic rings. The van der Waals surface area contributed by atoms with Gasteiger partial charge in [-0.15, -0.1) is 0 Å². The molecule has 1 saturated heterocycles. The smallest absolute Gasteiger partial charge is 0.223 e. The SMILES string of the molecule is O=C(NCC1(COc2ccccc2)C[C@@H](O)[C@@H](O)C1)C1CCOCC1. The van der Waals surface area contributed by atoms with E-state index in [4.69, 9.17) is 9.47 Å². The topological polar surface area (TPSA) is 88.0 Å². The van der Waals surface area contributed by atoms with E-state index in [1.165, 1.54) is 0 Å². The number of ether oxygens (including phenoxy) is 2. The zero-order valence-electron chi connectivity index (χ0n) is 14.4. The molecular formula is C19H27NO5. The second-order valence-electron chi connectivity index (χ2n) is 7.25. The van der Waals surface area contributed by atoms with Gasteiger partial charge >= 0.3 is 0 Å². The van der Waals surface area contributed by atoms with Gasteiger partial charge in [0.1, 0.15) is 5.75 Å². The van der Waals surface area contributed by atoms with Crippen LogP contribution in [0.15, 0.2) is 30.3 Å². The quantitative estimate of drug-likeness (QED) is 0.716. The van der Waals surface area contributed by atoms with E-state index in [0.717, 1.165) is 18.6 Å². The standard InChI is InChI=1S/C19H27NO5/c21-16-10-19(11-17(16)22,13-25-15-4-2-1-3-5-15)12-20-18(23)14-6-8-24-9-7-14/h1-5,14,16-17,21-22H,6-13H2,(H,20,23)/t16-,17+,19?. The minimum atomic E-state index is -0.778. The number of carbonyl (C=O) groups excluding carboxylic acids is 1. The van der Waals surface area contributed by atoms with Gasteiger partial charge in [-0.05, 0) is 37.8 Å². The van der Waals surface area contributed by atoms with Crippen molar-refractivity contribution in [3.05, 3.63) is 30.3 Å². The van der Waals surface area contributed by atoms with E-state index in [0.29, 0.717) is 39.2 Å². The van der Waals surface area contributed by atoms with Crippen molar-refractivity contribution in [3.63, 3.8) is 0 Å². The molecule has 138 valence electrons. The number of carbonyl (C=O) groups is 1. The van der Waals surface area contributed by atoms with Crippen molar-refractivity contribution < 1.29 is 24.5 Å². The number of hydrogen-bond acceptors (Lipinski definition) is 5. The van der Waals surface area contributed by atoms with Gasteiger partial charge in [0, 0.05) is 31.1 Å². The molecular weight excluding hydrogens is 322 g/mol. The summed E-state index contributed by atoms with van der Waals surface area (Å²) in [6, 6.07) is 9.45. The third-order valence-electron chi connectivity index (χ3n) is 5.25. The molecule has 0 radical (unpaired) electrons. The predicted molar refractivity (Wildman–Crippen MR) is 92.2 cm³/mol. The Bertz CT molecular complexity index is 548. The highest BCUT2D eigenvalue weighted by molar-refractivity contribution is 5.78. The molecule has 25 heavy (non-hydrogen) atoms. The highest BCUT2D eigenvalue weighted by Crippen LogP contribution is 2.38. The van der Waals surface area contributed by atoms with Gasteiger partial charge in [-0.3, -0.25) is 4.79 Å². The van der Waals surface area contributed by atoms with Crippen LogP contribution in [0.5, 0.6) is 5.75 Å². The summed E-state index contributed by atoms with van der Waals surface area (Å²) in [7, 11) is 0. The lowest BCUT2D eigenvalue weighted by Gasteiger charge is -2.30. The van der Waals surface area contributed by atoms with Crippen LogP contribution in [0.4, 0.5) is 0 Å². The zero-order chi connectivity index (χ0) is 17.7. The second-order valence-corrected chi connectivity index (χ2v) is 7.25. The van der Waals surface area contributed by atoms with Gasteiger partial charge in [-0.2, -0.15) is 0 Å². The maximum absolute atomic E-state index is 12.4. The first-order valence-electron chi connectivity index (χ1n) is 8.97. The van der Waals surface area contributed by atoms with Crippen LogP contribution < -0.4 is 10.1 Å². The number of aliphatic hydroxyl groups excluding tert-OH is 2. The lowest BCUT2D eigenvalue weighted by atomic mass is 9.86. The molecule has 1 aromatic carbocycles. The van der Waals surface area contributed by atoms with Gasteiger partial charge < -0.3 is 25.0 Å². The molecule has 3 atom stereocenters. The fourth-order valence-corrected chi connectivity index (χ4v) is 3.69. The molecule has 1 aromatic rings. The molecule has 3 rings (SSSR count). The van der Waals surface area contributed by atoms with Gasteiger partial charge in [0.2, 0.25) is 5.91 Å². The average molecular weight is 349 g/mol. The lowest BCUT2D eigenvalue weighted by Crippen LogP contribution is -2.43. The van der Waals surface area contributed by atoms with Crippen LogP contribution in [0.3, 0.4) is 0 Å². The van der Waals surface area contributed by atoms with Gasteiger partial charge in [0.25, 0.3) is 0 Å². The van der Waals surface area contributed by atoms with Gasteiger partial charge in [0.15, 0.2) is 0 Å². The van der Waals surface area contributed by atoms with Crippen molar-refractivity contribution in [3.8, 4) is 5.75 Å². The molecule has 1 aliphatic carbocycles. The number of benzene rings is 1. The second kappa shape index (κ2) is 8.17. The Morgan fingerprint density at radius 3 is 2.44 bits per heavy atom. The largest absolute Gasteiger partial charge is 0.493 e. The molecule has 6 heteroatoms. The molecule has 0 bridgehead atoms. The summed E-state index contributed by atoms with van der Waals surface area (Å²) in [6.45, 7) is 1.99. The summed E-state index contributed by atoms with van der Waals surface area (Å²) < 4.78 is 11.2. The molecule has 1 saturated carbocycles. The maximum Gasteiger partial charge on any atom is 0.223 e. The molecule has 0 spiro atoms. The van der Waals surface area contributed by atoms with Crippen molar-refractivity contribution >= 4 is 5.91 Å². The molecule has 1 heterocycles. The Morgan fingerprint density at radius 2 is 1.80 bits per heavy atom. The van der Waals surface area contributed by atoms with E-state index < -0.39 is 17.6 Å². The van der Waals surface area contributed by atoms with Crippen LogP contribution in [0, 0.1) is 11.3 Å². The molecule has 2 fully saturated rings. The Labute approximate surface area is 148 Å².